The molecule has 1 heterocycles. The van der Waals surface area contributed by atoms with Gasteiger partial charge < -0.3 is 5.11 Å². The molecule has 2 aromatic carbocycles. The Kier molecular flexibility index (Phi) is 5.21. The summed E-state index contributed by atoms with van der Waals surface area (Å²) in [4.78, 5) is 20.2. The van der Waals surface area contributed by atoms with Gasteiger partial charge in [0.2, 0.25) is 0 Å². The highest BCUT2D eigenvalue weighted by molar-refractivity contribution is 6.08. The van der Waals surface area contributed by atoms with Crippen molar-refractivity contribution in [2.45, 2.75) is 64.0 Å². The maximum atomic E-state index is 13.3. The monoisotopic (exact) mass is 376 g/mol. The molecule has 0 bridgehead atoms. The van der Waals surface area contributed by atoms with Gasteiger partial charge in [0, 0.05) is 6.42 Å². The second kappa shape index (κ2) is 7.78. The molecule has 1 fully saturated rings. The van der Waals surface area contributed by atoms with E-state index in [4.69, 9.17) is 4.99 Å². The van der Waals surface area contributed by atoms with E-state index in [1.807, 2.05) is 29.2 Å². The lowest BCUT2D eigenvalue weighted by atomic mass is 9.98. The van der Waals surface area contributed by atoms with E-state index in [2.05, 4.69) is 19.1 Å². The number of aliphatic imine (C=N–C) groups is 1. The SMILES string of the molecule is CCCCC1=NC2(CCCC2)C(=O)N1Cc1cccc(-c2cccc(O)c2)c1. The van der Waals surface area contributed by atoms with E-state index in [1.54, 1.807) is 12.1 Å². The number of aromatic hydroxyl groups is 1. The molecular weight excluding hydrogens is 348 g/mol. The van der Waals surface area contributed by atoms with Gasteiger partial charge in [0.1, 0.15) is 17.1 Å². The smallest absolute Gasteiger partial charge is 0.256 e. The fourth-order valence-electron chi connectivity index (χ4n) is 4.42. The first-order valence-electron chi connectivity index (χ1n) is 10.4. The molecule has 4 rings (SSSR count). The second-order valence-corrected chi connectivity index (χ2v) is 8.01. The topological polar surface area (TPSA) is 52.9 Å². The number of benzene rings is 2. The summed E-state index contributed by atoms with van der Waals surface area (Å²) in [6.45, 7) is 2.74. The Morgan fingerprint density at radius 2 is 1.79 bits per heavy atom. The normalized spacial score (nSPS) is 18.1. The molecule has 0 radical (unpaired) electrons. The second-order valence-electron chi connectivity index (χ2n) is 8.01. The lowest BCUT2D eigenvalue weighted by Crippen LogP contribution is -2.40. The van der Waals surface area contributed by atoms with Crippen molar-refractivity contribution in [1.82, 2.24) is 4.90 Å². The largest absolute Gasteiger partial charge is 0.508 e. The molecule has 4 heteroatoms. The van der Waals surface area contributed by atoms with E-state index >= 15 is 0 Å². The maximum Gasteiger partial charge on any atom is 0.256 e. The Morgan fingerprint density at radius 3 is 2.50 bits per heavy atom. The number of phenols is 1. The summed E-state index contributed by atoms with van der Waals surface area (Å²) in [5.41, 5.74) is 2.63. The van der Waals surface area contributed by atoms with Crippen LogP contribution in [-0.4, -0.2) is 27.3 Å². The van der Waals surface area contributed by atoms with Crippen molar-refractivity contribution >= 4 is 11.7 Å². The number of carbonyl (C=O) groups is 1. The van der Waals surface area contributed by atoms with Gasteiger partial charge in [0.05, 0.1) is 6.54 Å². The third-order valence-electron chi connectivity index (χ3n) is 5.93. The van der Waals surface area contributed by atoms with E-state index in [0.29, 0.717) is 6.54 Å². The first-order chi connectivity index (χ1) is 13.6. The Morgan fingerprint density at radius 1 is 1.07 bits per heavy atom. The van der Waals surface area contributed by atoms with Crippen LogP contribution in [0.15, 0.2) is 53.5 Å². The molecule has 1 saturated carbocycles. The Balaban J connectivity index is 1.59. The summed E-state index contributed by atoms with van der Waals surface area (Å²) < 4.78 is 0. The molecule has 1 aliphatic heterocycles. The number of unbranched alkanes of at least 4 members (excludes halogenated alkanes) is 1. The summed E-state index contributed by atoms with van der Waals surface area (Å²) in [6, 6.07) is 15.5. The lowest BCUT2D eigenvalue weighted by Gasteiger charge is -2.23. The number of amides is 1. The minimum Gasteiger partial charge on any atom is -0.508 e. The number of phenolic OH excluding ortho intramolecular Hbond substituents is 1. The first-order valence-corrected chi connectivity index (χ1v) is 10.4. The van der Waals surface area contributed by atoms with Crippen LogP contribution >= 0.6 is 0 Å². The number of amidine groups is 1. The Bertz CT molecular complexity index is 897. The Hall–Kier alpha value is -2.62. The van der Waals surface area contributed by atoms with E-state index in [9.17, 15) is 9.90 Å². The fraction of sp³-hybridized carbons (Fsp3) is 0.417. The highest BCUT2D eigenvalue weighted by Crippen LogP contribution is 2.40. The van der Waals surface area contributed by atoms with Crippen LogP contribution < -0.4 is 0 Å². The van der Waals surface area contributed by atoms with Crippen LogP contribution in [0.4, 0.5) is 0 Å². The average Bonchev–Trinajstić information content (AvgIpc) is 3.28. The summed E-state index contributed by atoms with van der Waals surface area (Å²) >= 11 is 0. The molecule has 1 amide bonds. The molecule has 1 spiro atoms. The fourth-order valence-corrected chi connectivity index (χ4v) is 4.42. The van der Waals surface area contributed by atoms with Crippen LogP contribution in [-0.2, 0) is 11.3 Å². The Labute approximate surface area is 166 Å². The van der Waals surface area contributed by atoms with Gasteiger partial charge in [-0.3, -0.25) is 14.7 Å². The van der Waals surface area contributed by atoms with Crippen LogP contribution in [0.3, 0.4) is 0 Å². The van der Waals surface area contributed by atoms with E-state index in [0.717, 1.165) is 67.5 Å². The van der Waals surface area contributed by atoms with Crippen LogP contribution in [0.25, 0.3) is 11.1 Å². The van der Waals surface area contributed by atoms with Gasteiger partial charge in [-0.2, -0.15) is 0 Å². The predicted octanol–water partition coefficient (Wildman–Crippen LogP) is 5.30. The van der Waals surface area contributed by atoms with Crippen molar-refractivity contribution in [3.8, 4) is 16.9 Å². The van der Waals surface area contributed by atoms with Crippen LogP contribution in [0, 0.1) is 0 Å². The molecule has 0 atom stereocenters. The van der Waals surface area contributed by atoms with E-state index in [-0.39, 0.29) is 11.7 Å². The predicted molar refractivity (Wildman–Crippen MR) is 112 cm³/mol. The summed E-state index contributed by atoms with van der Waals surface area (Å²) in [7, 11) is 0. The zero-order chi connectivity index (χ0) is 19.6. The molecule has 2 aromatic rings. The van der Waals surface area contributed by atoms with Crippen molar-refractivity contribution in [2.24, 2.45) is 4.99 Å². The summed E-state index contributed by atoms with van der Waals surface area (Å²) in [6.07, 6.45) is 7.00. The van der Waals surface area contributed by atoms with Crippen LogP contribution in [0.1, 0.15) is 57.4 Å². The van der Waals surface area contributed by atoms with Crippen molar-refractivity contribution in [3.05, 3.63) is 54.1 Å². The van der Waals surface area contributed by atoms with Gasteiger partial charge in [-0.15, -0.1) is 0 Å². The zero-order valence-corrected chi connectivity index (χ0v) is 16.5. The van der Waals surface area contributed by atoms with Gasteiger partial charge in [-0.1, -0.05) is 56.5 Å². The van der Waals surface area contributed by atoms with Crippen molar-refractivity contribution in [2.75, 3.05) is 0 Å². The molecule has 0 aromatic heterocycles. The van der Waals surface area contributed by atoms with Crippen LogP contribution in [0.5, 0.6) is 5.75 Å². The molecule has 4 nitrogen and oxygen atoms in total. The van der Waals surface area contributed by atoms with Gasteiger partial charge in [-0.05, 0) is 54.2 Å². The van der Waals surface area contributed by atoms with E-state index in [1.165, 1.54) is 0 Å². The first kappa shape index (κ1) is 18.7. The minimum absolute atomic E-state index is 0.193. The number of carbonyl (C=O) groups excluding carboxylic acids is 1. The quantitative estimate of drug-likeness (QED) is 0.743. The zero-order valence-electron chi connectivity index (χ0n) is 16.5. The van der Waals surface area contributed by atoms with E-state index < -0.39 is 5.54 Å². The molecular formula is C24H28N2O2. The summed E-state index contributed by atoms with van der Waals surface area (Å²) in [5.74, 6) is 1.42. The molecule has 1 aliphatic carbocycles. The molecule has 28 heavy (non-hydrogen) atoms. The van der Waals surface area contributed by atoms with Gasteiger partial charge in [-0.25, -0.2) is 0 Å². The van der Waals surface area contributed by atoms with Gasteiger partial charge in [0.25, 0.3) is 5.91 Å². The minimum atomic E-state index is -0.480. The summed E-state index contributed by atoms with van der Waals surface area (Å²) in [5, 5.41) is 9.77. The average molecular weight is 377 g/mol. The third kappa shape index (κ3) is 3.56. The standard InChI is InChI=1S/C24H28N2O2/c1-2-3-12-22-25-24(13-4-5-14-24)23(28)26(22)17-18-8-6-9-19(15-18)20-10-7-11-21(27)16-20/h6-11,15-16,27H,2-5,12-14,17H2,1H3. The van der Waals surface area contributed by atoms with Crippen molar-refractivity contribution in [3.63, 3.8) is 0 Å². The number of hydrogen-bond donors (Lipinski definition) is 1. The number of hydrogen-bond acceptors (Lipinski definition) is 3. The number of nitrogens with zero attached hydrogens (tertiary/aromatic N) is 2. The van der Waals surface area contributed by atoms with Gasteiger partial charge in [0.15, 0.2) is 0 Å². The van der Waals surface area contributed by atoms with Crippen molar-refractivity contribution in [1.29, 1.82) is 0 Å². The highest BCUT2D eigenvalue weighted by atomic mass is 16.3. The molecule has 2 aliphatic rings. The molecule has 146 valence electrons. The maximum absolute atomic E-state index is 13.3. The van der Waals surface area contributed by atoms with Gasteiger partial charge >= 0.3 is 0 Å². The number of rotatable bonds is 6. The highest BCUT2D eigenvalue weighted by Gasteiger charge is 2.49. The molecule has 1 N–H and O–H groups in total. The molecule has 0 unspecified atom stereocenters. The lowest BCUT2D eigenvalue weighted by molar-refractivity contribution is -0.131. The van der Waals surface area contributed by atoms with Crippen molar-refractivity contribution < 1.29 is 9.90 Å². The van der Waals surface area contributed by atoms with Crippen LogP contribution in [0.2, 0.25) is 0 Å². The third-order valence-corrected chi connectivity index (χ3v) is 5.93. The molecule has 0 saturated heterocycles.